The lowest BCUT2D eigenvalue weighted by molar-refractivity contribution is -0.600. The summed E-state index contributed by atoms with van der Waals surface area (Å²) in [5.74, 6) is 0. The van der Waals surface area contributed by atoms with Gasteiger partial charge in [-0.25, -0.2) is 0 Å². The molecule has 0 fully saturated rings. The summed E-state index contributed by atoms with van der Waals surface area (Å²) in [6.07, 6.45) is 3.50. The largest absolute Gasteiger partial charge is 0.347 e. The van der Waals surface area contributed by atoms with E-state index in [-0.39, 0.29) is 17.1 Å². The Hall–Kier alpha value is -4.03. The molecule has 5 aromatic heterocycles. The molecule has 11 heteroatoms. The van der Waals surface area contributed by atoms with Gasteiger partial charge in [0, 0.05) is 54.2 Å². The van der Waals surface area contributed by atoms with Crippen molar-refractivity contribution in [3.63, 3.8) is 0 Å². The molecular weight excluding hydrogens is 559 g/mol. The Morgan fingerprint density at radius 1 is 0.658 bits per heavy atom. The molecule has 5 heterocycles. The second-order valence-corrected chi connectivity index (χ2v) is 12.2. The van der Waals surface area contributed by atoms with E-state index in [0.29, 0.717) is 0 Å². The van der Waals surface area contributed by atoms with Crippen LogP contribution in [0, 0.1) is 20.2 Å². The van der Waals surface area contributed by atoms with Crippen LogP contribution in [0.4, 0.5) is 11.4 Å². The van der Waals surface area contributed by atoms with Crippen molar-refractivity contribution in [2.24, 2.45) is 0 Å². The molecule has 38 heavy (non-hydrogen) atoms. The molecule has 0 aliphatic carbocycles. The number of nitro groups is 2. The summed E-state index contributed by atoms with van der Waals surface area (Å²) >= 11 is 6.94. The summed E-state index contributed by atoms with van der Waals surface area (Å²) in [7, 11) is 0. The Morgan fingerprint density at radius 2 is 1.34 bits per heavy atom. The quantitative estimate of drug-likeness (QED) is 0.108. The molecule has 6 rings (SSSR count). The van der Waals surface area contributed by atoms with Gasteiger partial charge in [0.25, 0.3) is 11.4 Å². The molecule has 0 radical (unpaired) electrons. The van der Waals surface area contributed by atoms with E-state index in [4.69, 9.17) is 0 Å². The van der Waals surface area contributed by atoms with Gasteiger partial charge in [-0.1, -0.05) is 12.1 Å². The average Bonchev–Trinajstić information content (AvgIpc) is 3.74. The summed E-state index contributed by atoms with van der Waals surface area (Å²) < 4.78 is 1.61. The Labute approximate surface area is 232 Å². The molecule has 0 aliphatic rings. The van der Waals surface area contributed by atoms with E-state index >= 15 is 0 Å². The molecule has 0 saturated heterocycles. The van der Waals surface area contributed by atoms with Gasteiger partial charge in [-0.3, -0.25) is 20.2 Å². The van der Waals surface area contributed by atoms with Gasteiger partial charge in [0.05, 0.1) is 14.7 Å². The van der Waals surface area contributed by atoms with E-state index in [0.717, 1.165) is 17.2 Å². The Kier molecular flexibility index (Phi) is 6.42. The first-order valence-corrected chi connectivity index (χ1v) is 14.6. The van der Waals surface area contributed by atoms with Crippen molar-refractivity contribution >= 4 is 56.7 Å². The monoisotopic (exact) mass is 574 g/mol. The van der Waals surface area contributed by atoms with Crippen molar-refractivity contribution in [1.82, 2.24) is 0 Å². The number of nitro benzene ring substituents is 2. The highest BCUT2D eigenvalue weighted by Gasteiger charge is 2.26. The van der Waals surface area contributed by atoms with Crippen LogP contribution >= 0.6 is 45.3 Å². The third-order valence-electron chi connectivity index (χ3n) is 5.87. The standard InChI is InChI=1S/C27H16N3O4S4/c31-29(32)18-5-6-20(21(15-18)30(33)34)28-11-9-17(10-12-28)19-16-26(38-27(19)25-4-2-14-36-25)24-8-7-23(37-24)22-3-1-13-35-22/h1-16H/q+1. The number of hydrogen-bond acceptors (Lipinski definition) is 8. The van der Waals surface area contributed by atoms with Gasteiger partial charge in [0.1, 0.15) is 6.07 Å². The molecule has 0 aliphatic heterocycles. The number of pyridine rings is 1. The minimum Gasteiger partial charge on any atom is -0.258 e. The van der Waals surface area contributed by atoms with Crippen molar-refractivity contribution in [2.75, 3.05) is 0 Å². The van der Waals surface area contributed by atoms with E-state index in [9.17, 15) is 20.2 Å². The fraction of sp³-hybridized carbons (Fsp3) is 0. The number of hydrogen-bond donors (Lipinski definition) is 0. The topological polar surface area (TPSA) is 90.2 Å². The van der Waals surface area contributed by atoms with Crippen LogP contribution < -0.4 is 4.57 Å². The van der Waals surface area contributed by atoms with Crippen molar-refractivity contribution in [1.29, 1.82) is 0 Å². The molecule has 0 unspecified atom stereocenters. The first-order chi connectivity index (χ1) is 18.5. The number of benzene rings is 1. The highest BCUT2D eigenvalue weighted by atomic mass is 32.1. The third kappa shape index (κ3) is 4.56. The first-order valence-electron chi connectivity index (χ1n) is 11.2. The predicted octanol–water partition coefficient (Wildman–Crippen LogP) is 8.69. The van der Waals surface area contributed by atoms with Gasteiger partial charge >= 0.3 is 5.69 Å². The zero-order chi connectivity index (χ0) is 26.2. The van der Waals surface area contributed by atoms with E-state index in [1.807, 2.05) is 18.2 Å². The van der Waals surface area contributed by atoms with Crippen LogP contribution in [0.2, 0.25) is 0 Å². The molecule has 0 N–H and O–H groups in total. The summed E-state index contributed by atoms with van der Waals surface area (Å²) in [5.41, 5.74) is 1.68. The maximum Gasteiger partial charge on any atom is 0.347 e. The molecule has 6 aromatic rings. The lowest BCUT2D eigenvalue weighted by Gasteiger charge is -2.03. The number of thiophene rings is 4. The smallest absolute Gasteiger partial charge is 0.258 e. The van der Waals surface area contributed by atoms with Gasteiger partial charge in [-0.05, 0) is 46.7 Å². The van der Waals surface area contributed by atoms with E-state index in [1.165, 1.54) is 41.4 Å². The lowest BCUT2D eigenvalue weighted by atomic mass is 10.1. The molecule has 0 bridgehead atoms. The second kappa shape index (κ2) is 10.0. The van der Waals surface area contributed by atoms with Crippen LogP contribution in [0.15, 0.2) is 96.0 Å². The van der Waals surface area contributed by atoms with Gasteiger partial charge in [-0.2, -0.15) is 4.57 Å². The van der Waals surface area contributed by atoms with E-state index in [2.05, 4.69) is 47.2 Å². The molecule has 0 amide bonds. The fourth-order valence-corrected chi connectivity index (χ4v) is 8.07. The van der Waals surface area contributed by atoms with Crippen LogP contribution in [0.5, 0.6) is 0 Å². The Balaban J connectivity index is 1.40. The molecule has 7 nitrogen and oxygen atoms in total. The fourth-order valence-electron chi connectivity index (χ4n) is 4.10. The average molecular weight is 575 g/mol. The van der Waals surface area contributed by atoms with E-state index < -0.39 is 9.85 Å². The number of aromatic nitrogens is 1. The SMILES string of the molecule is O=[N+]([O-])c1ccc(-[n+]2ccc(-c3cc(-c4ccc(-c5cccs5)s4)sc3-c3cccs3)cc2)c([N+](=O)[O-])c1. The van der Waals surface area contributed by atoms with Gasteiger partial charge in [0.2, 0.25) is 0 Å². The zero-order valence-corrected chi connectivity index (χ0v) is 22.6. The van der Waals surface area contributed by atoms with Crippen molar-refractivity contribution in [2.45, 2.75) is 0 Å². The second-order valence-electron chi connectivity index (χ2n) is 8.15. The van der Waals surface area contributed by atoms with Crippen molar-refractivity contribution in [3.8, 4) is 46.1 Å². The van der Waals surface area contributed by atoms with Gasteiger partial charge < -0.3 is 0 Å². The maximum absolute atomic E-state index is 11.6. The number of nitrogens with zero attached hydrogens (tertiary/aromatic N) is 3. The third-order valence-corrected chi connectivity index (χ3v) is 10.4. The lowest BCUT2D eigenvalue weighted by Crippen LogP contribution is -2.30. The first kappa shape index (κ1) is 24.3. The number of non-ortho nitro benzene ring substituents is 1. The normalized spacial score (nSPS) is 11.1. The zero-order valence-electron chi connectivity index (χ0n) is 19.3. The minimum atomic E-state index is -0.637. The molecule has 1 aromatic carbocycles. The number of rotatable bonds is 7. The maximum atomic E-state index is 11.6. The molecule has 0 spiro atoms. The van der Waals surface area contributed by atoms with Crippen molar-refractivity contribution < 1.29 is 14.4 Å². The molecule has 0 saturated carbocycles. The van der Waals surface area contributed by atoms with Crippen LogP contribution in [-0.4, -0.2) is 9.85 Å². The summed E-state index contributed by atoms with van der Waals surface area (Å²) in [6.45, 7) is 0. The van der Waals surface area contributed by atoms with E-state index in [1.54, 1.807) is 62.3 Å². The summed E-state index contributed by atoms with van der Waals surface area (Å²) in [5, 5.41) is 26.9. The highest BCUT2D eigenvalue weighted by Crippen LogP contribution is 2.47. The Bertz CT molecular complexity index is 1770. The van der Waals surface area contributed by atoms with Crippen molar-refractivity contribution in [3.05, 3.63) is 116 Å². The summed E-state index contributed by atoms with van der Waals surface area (Å²) in [6, 6.07) is 22.4. The molecule has 0 atom stereocenters. The van der Waals surface area contributed by atoms with Crippen LogP contribution in [0.1, 0.15) is 0 Å². The van der Waals surface area contributed by atoms with Crippen LogP contribution in [0.3, 0.4) is 0 Å². The summed E-state index contributed by atoms with van der Waals surface area (Å²) in [4.78, 5) is 28.7. The van der Waals surface area contributed by atoms with Crippen LogP contribution in [-0.2, 0) is 0 Å². The predicted molar refractivity (Wildman–Crippen MR) is 155 cm³/mol. The highest BCUT2D eigenvalue weighted by molar-refractivity contribution is 7.28. The van der Waals surface area contributed by atoms with Gasteiger partial charge in [0.15, 0.2) is 12.4 Å². The van der Waals surface area contributed by atoms with Crippen LogP contribution in [0.25, 0.3) is 46.1 Å². The molecule has 186 valence electrons. The molecular formula is C27H16N3O4S4+. The minimum absolute atomic E-state index is 0.260. The Morgan fingerprint density at radius 3 is 1.97 bits per heavy atom. The van der Waals surface area contributed by atoms with Gasteiger partial charge in [-0.15, -0.1) is 45.3 Å².